The lowest BCUT2D eigenvalue weighted by Crippen LogP contribution is -2.07. The smallest absolute Gasteiger partial charge is 0.207 e. The van der Waals surface area contributed by atoms with Gasteiger partial charge in [-0.25, -0.2) is 22.8 Å². The van der Waals surface area contributed by atoms with Crippen LogP contribution >= 0.6 is 0 Å². The van der Waals surface area contributed by atoms with Gasteiger partial charge in [0.15, 0.2) is 17.3 Å². The number of halogens is 3. The minimum atomic E-state index is -1.26. The van der Waals surface area contributed by atoms with Crippen molar-refractivity contribution in [3.8, 4) is 5.69 Å². The number of anilines is 1. The largest absolute Gasteiger partial charge is 0.369 e. The number of hydrogen-bond donors (Lipinski definition) is 1. The lowest BCUT2D eigenvalue weighted by Gasteiger charge is -2.08. The van der Waals surface area contributed by atoms with Gasteiger partial charge in [0, 0.05) is 19.2 Å². The number of aryl methyl sites for hydroxylation is 2. The first-order valence-electron chi connectivity index (χ1n) is 5.72. The van der Waals surface area contributed by atoms with E-state index >= 15 is 0 Å². The second-order valence-corrected chi connectivity index (χ2v) is 4.40. The predicted octanol–water partition coefficient (Wildman–Crippen LogP) is 2.07. The minimum Gasteiger partial charge on any atom is -0.369 e. The zero-order valence-electron chi connectivity index (χ0n) is 10.7. The van der Waals surface area contributed by atoms with E-state index in [4.69, 9.17) is 5.73 Å². The van der Waals surface area contributed by atoms with E-state index in [-0.39, 0.29) is 11.6 Å². The fraction of sp³-hybridized carbons (Fsp3) is 0.167. The monoisotopic (exact) mass is 281 g/mol. The van der Waals surface area contributed by atoms with Crippen molar-refractivity contribution in [1.82, 2.24) is 19.3 Å². The SMILES string of the molecule is Cc1nn(C)c2c1nc(N)n2-c1cc(F)c(F)cc1F. The topological polar surface area (TPSA) is 61.7 Å². The molecule has 0 saturated carbocycles. The van der Waals surface area contributed by atoms with Gasteiger partial charge in [0.05, 0.1) is 11.4 Å². The van der Waals surface area contributed by atoms with Crippen LogP contribution < -0.4 is 5.73 Å². The van der Waals surface area contributed by atoms with E-state index in [0.717, 1.165) is 6.07 Å². The van der Waals surface area contributed by atoms with E-state index < -0.39 is 17.5 Å². The van der Waals surface area contributed by atoms with Gasteiger partial charge in [0.1, 0.15) is 11.3 Å². The van der Waals surface area contributed by atoms with Gasteiger partial charge in [-0.15, -0.1) is 0 Å². The van der Waals surface area contributed by atoms with Gasteiger partial charge >= 0.3 is 0 Å². The molecular weight excluding hydrogens is 271 g/mol. The average molecular weight is 281 g/mol. The molecule has 104 valence electrons. The molecule has 2 aromatic heterocycles. The number of aromatic nitrogens is 4. The first-order valence-corrected chi connectivity index (χ1v) is 5.72. The molecule has 0 bridgehead atoms. The number of fused-ring (bicyclic) bond motifs is 1. The Kier molecular flexibility index (Phi) is 2.50. The summed E-state index contributed by atoms with van der Waals surface area (Å²) in [6, 6.07) is 1.21. The third kappa shape index (κ3) is 1.57. The molecule has 2 N–H and O–H groups in total. The van der Waals surface area contributed by atoms with Crippen LogP contribution in [0.5, 0.6) is 0 Å². The van der Waals surface area contributed by atoms with E-state index in [1.54, 1.807) is 14.0 Å². The molecule has 8 heteroatoms. The molecular formula is C12H10F3N5. The number of imidazole rings is 1. The Morgan fingerprint density at radius 2 is 1.75 bits per heavy atom. The van der Waals surface area contributed by atoms with Crippen LogP contribution in [0.3, 0.4) is 0 Å². The molecule has 20 heavy (non-hydrogen) atoms. The standard InChI is InChI=1S/C12H10F3N5/c1-5-10-11(19(2)18-5)20(12(16)17-10)9-4-7(14)6(13)3-8(9)15/h3-4H,1-2H3,(H2,16,17). The lowest BCUT2D eigenvalue weighted by atomic mass is 10.2. The molecule has 0 radical (unpaired) electrons. The lowest BCUT2D eigenvalue weighted by molar-refractivity contribution is 0.493. The number of nitrogens with two attached hydrogens (primary N) is 1. The van der Waals surface area contributed by atoms with Crippen molar-refractivity contribution >= 4 is 17.1 Å². The van der Waals surface area contributed by atoms with Gasteiger partial charge in [-0.2, -0.15) is 5.10 Å². The van der Waals surface area contributed by atoms with Gasteiger partial charge in [-0.1, -0.05) is 0 Å². The van der Waals surface area contributed by atoms with Crippen molar-refractivity contribution < 1.29 is 13.2 Å². The van der Waals surface area contributed by atoms with E-state index in [2.05, 4.69) is 10.1 Å². The van der Waals surface area contributed by atoms with E-state index in [0.29, 0.717) is 22.9 Å². The van der Waals surface area contributed by atoms with Gasteiger partial charge in [0.2, 0.25) is 5.95 Å². The number of nitrogen functional groups attached to an aromatic ring is 1. The first-order chi connectivity index (χ1) is 9.40. The van der Waals surface area contributed by atoms with Crippen LogP contribution in [0, 0.1) is 24.4 Å². The van der Waals surface area contributed by atoms with Gasteiger partial charge in [0.25, 0.3) is 0 Å². The molecule has 0 aliphatic rings. The van der Waals surface area contributed by atoms with Crippen LogP contribution in [-0.4, -0.2) is 19.3 Å². The first kappa shape index (κ1) is 12.5. The van der Waals surface area contributed by atoms with Gasteiger partial charge < -0.3 is 5.73 Å². The molecule has 0 aliphatic carbocycles. The Hall–Kier alpha value is -2.51. The summed E-state index contributed by atoms with van der Waals surface area (Å²) in [7, 11) is 1.63. The molecule has 0 atom stereocenters. The molecule has 0 unspecified atom stereocenters. The number of rotatable bonds is 1. The summed E-state index contributed by atoms with van der Waals surface area (Å²) in [4.78, 5) is 4.08. The second kappa shape index (κ2) is 3.99. The summed E-state index contributed by atoms with van der Waals surface area (Å²) in [5.74, 6) is -3.39. The Labute approximate surface area is 111 Å². The Morgan fingerprint density at radius 1 is 1.10 bits per heavy atom. The molecule has 0 saturated heterocycles. The molecule has 0 fully saturated rings. The maximum absolute atomic E-state index is 13.9. The highest BCUT2D eigenvalue weighted by Gasteiger charge is 2.20. The Bertz CT molecular complexity index is 834. The van der Waals surface area contributed by atoms with Gasteiger partial charge in [-0.05, 0) is 6.92 Å². The third-order valence-corrected chi connectivity index (χ3v) is 3.06. The molecule has 3 aromatic rings. The van der Waals surface area contributed by atoms with Crippen molar-refractivity contribution in [3.63, 3.8) is 0 Å². The fourth-order valence-corrected chi connectivity index (χ4v) is 2.21. The van der Waals surface area contributed by atoms with Crippen LogP contribution in [0.15, 0.2) is 12.1 Å². The predicted molar refractivity (Wildman–Crippen MR) is 66.9 cm³/mol. The van der Waals surface area contributed by atoms with Crippen molar-refractivity contribution in [1.29, 1.82) is 0 Å². The Balaban J connectivity index is 2.40. The minimum absolute atomic E-state index is 0.0268. The highest BCUT2D eigenvalue weighted by molar-refractivity contribution is 5.80. The maximum atomic E-state index is 13.9. The molecule has 0 amide bonds. The highest BCUT2D eigenvalue weighted by atomic mass is 19.2. The van der Waals surface area contributed by atoms with Crippen molar-refractivity contribution in [2.75, 3.05) is 5.73 Å². The van der Waals surface area contributed by atoms with Gasteiger partial charge in [-0.3, -0.25) is 4.57 Å². The summed E-state index contributed by atoms with van der Waals surface area (Å²) < 4.78 is 42.9. The summed E-state index contributed by atoms with van der Waals surface area (Å²) in [5, 5.41) is 4.13. The van der Waals surface area contributed by atoms with Crippen LogP contribution in [0.2, 0.25) is 0 Å². The van der Waals surface area contributed by atoms with Crippen molar-refractivity contribution in [2.24, 2.45) is 7.05 Å². The molecule has 0 aliphatic heterocycles. The second-order valence-electron chi connectivity index (χ2n) is 4.40. The summed E-state index contributed by atoms with van der Waals surface area (Å²) in [5.41, 5.74) is 7.03. The molecule has 1 aromatic carbocycles. The van der Waals surface area contributed by atoms with Crippen molar-refractivity contribution in [2.45, 2.75) is 6.92 Å². The van der Waals surface area contributed by atoms with E-state index in [1.807, 2.05) is 0 Å². The maximum Gasteiger partial charge on any atom is 0.207 e. The average Bonchev–Trinajstić information content (AvgIpc) is 2.83. The number of benzene rings is 1. The zero-order chi connectivity index (χ0) is 14.6. The quantitative estimate of drug-likeness (QED) is 0.694. The molecule has 3 rings (SSSR count). The van der Waals surface area contributed by atoms with E-state index in [1.165, 1.54) is 9.25 Å². The van der Waals surface area contributed by atoms with Crippen LogP contribution in [-0.2, 0) is 7.05 Å². The van der Waals surface area contributed by atoms with Crippen LogP contribution in [0.25, 0.3) is 16.9 Å². The number of hydrogen-bond acceptors (Lipinski definition) is 3. The molecule has 0 spiro atoms. The summed E-state index contributed by atoms with van der Waals surface area (Å²) >= 11 is 0. The summed E-state index contributed by atoms with van der Waals surface area (Å²) in [6.45, 7) is 1.72. The van der Waals surface area contributed by atoms with Crippen molar-refractivity contribution in [3.05, 3.63) is 35.3 Å². The zero-order valence-corrected chi connectivity index (χ0v) is 10.7. The Morgan fingerprint density at radius 3 is 2.45 bits per heavy atom. The third-order valence-electron chi connectivity index (χ3n) is 3.06. The van der Waals surface area contributed by atoms with E-state index in [9.17, 15) is 13.2 Å². The number of nitrogens with zero attached hydrogens (tertiary/aromatic N) is 4. The molecule has 2 heterocycles. The normalized spacial score (nSPS) is 11.4. The highest BCUT2D eigenvalue weighted by Crippen LogP contribution is 2.27. The van der Waals surface area contributed by atoms with Crippen LogP contribution in [0.1, 0.15) is 5.69 Å². The fourth-order valence-electron chi connectivity index (χ4n) is 2.21. The molecule has 5 nitrogen and oxygen atoms in total. The summed E-state index contributed by atoms with van der Waals surface area (Å²) in [6.07, 6.45) is 0. The van der Waals surface area contributed by atoms with Crippen LogP contribution in [0.4, 0.5) is 19.1 Å².